The zero-order valence-electron chi connectivity index (χ0n) is 9.21. The molecule has 0 atom stereocenters. The van der Waals surface area contributed by atoms with Crippen LogP contribution < -0.4 is 10.1 Å². The van der Waals surface area contributed by atoms with E-state index >= 15 is 0 Å². The fraction of sp³-hybridized carbons (Fsp3) is 0.250. The lowest BCUT2D eigenvalue weighted by Gasteiger charge is -2.12. The Morgan fingerprint density at radius 1 is 1.28 bits per heavy atom. The van der Waals surface area contributed by atoms with Gasteiger partial charge in [-0.15, -0.1) is 13.2 Å². The first kappa shape index (κ1) is 11.1. The Hall–Kier alpha value is -1.98. The van der Waals surface area contributed by atoms with E-state index in [1.54, 1.807) is 12.3 Å². The largest absolute Gasteiger partial charge is 0.573 e. The molecule has 3 rings (SSSR count). The third kappa shape index (κ3) is 1.83. The lowest BCUT2D eigenvalue weighted by molar-refractivity contribution is -0.274. The number of fused-ring (bicyclic) bond motifs is 3. The first-order valence-electron chi connectivity index (χ1n) is 5.45. The molecule has 1 aliphatic heterocycles. The molecule has 0 amide bonds. The molecule has 2 aromatic rings. The van der Waals surface area contributed by atoms with Crippen molar-refractivity contribution in [1.82, 2.24) is 4.98 Å². The van der Waals surface area contributed by atoms with Crippen LogP contribution in [0.2, 0.25) is 0 Å². The average molecular weight is 254 g/mol. The normalized spacial score (nSPS) is 14.4. The number of hydrogen-bond donors (Lipinski definition) is 1. The summed E-state index contributed by atoms with van der Waals surface area (Å²) >= 11 is 0. The number of alkyl halides is 3. The number of para-hydroxylation sites is 1. The maximum atomic E-state index is 12.3. The predicted octanol–water partition coefficient (Wildman–Crippen LogP) is 3.10. The van der Waals surface area contributed by atoms with Gasteiger partial charge in [-0.3, -0.25) is 4.98 Å². The van der Waals surface area contributed by atoms with Crippen LogP contribution in [-0.2, 0) is 6.42 Å². The van der Waals surface area contributed by atoms with Crippen LogP contribution >= 0.6 is 0 Å². The maximum absolute atomic E-state index is 12.3. The van der Waals surface area contributed by atoms with E-state index in [2.05, 4.69) is 15.0 Å². The van der Waals surface area contributed by atoms with Crippen LogP contribution in [-0.4, -0.2) is 17.9 Å². The summed E-state index contributed by atoms with van der Waals surface area (Å²) in [5.74, 6) is -0.267. The topological polar surface area (TPSA) is 34.1 Å². The Kier molecular flexibility index (Phi) is 2.33. The molecule has 1 aromatic carbocycles. The van der Waals surface area contributed by atoms with Crippen molar-refractivity contribution in [2.45, 2.75) is 12.8 Å². The van der Waals surface area contributed by atoms with Gasteiger partial charge in [0.25, 0.3) is 0 Å². The van der Waals surface area contributed by atoms with Crippen molar-refractivity contribution in [3.8, 4) is 5.75 Å². The number of benzene rings is 1. The van der Waals surface area contributed by atoms with Crippen molar-refractivity contribution in [2.75, 3.05) is 11.9 Å². The number of ether oxygens (including phenoxy) is 1. The second-order valence-electron chi connectivity index (χ2n) is 4.04. The number of hydrogen-bond acceptors (Lipinski definition) is 3. The summed E-state index contributed by atoms with van der Waals surface area (Å²) in [4.78, 5) is 4.07. The zero-order chi connectivity index (χ0) is 12.8. The van der Waals surface area contributed by atoms with Crippen molar-refractivity contribution >= 4 is 16.6 Å². The molecule has 0 radical (unpaired) electrons. The standard InChI is InChI=1S/C12H9F3N2O/c13-12(14,15)18-9-3-1-2-8-10-7(4-5-16-10)6-17-11(8)9/h1-3,6,16H,4-5H2. The molecule has 0 aliphatic carbocycles. The van der Waals surface area contributed by atoms with E-state index in [0.29, 0.717) is 5.39 Å². The Bertz CT molecular complexity index is 610. The third-order valence-electron chi connectivity index (χ3n) is 2.86. The van der Waals surface area contributed by atoms with Gasteiger partial charge >= 0.3 is 6.36 Å². The third-order valence-corrected chi connectivity index (χ3v) is 2.86. The summed E-state index contributed by atoms with van der Waals surface area (Å²) in [6, 6.07) is 4.54. The van der Waals surface area contributed by atoms with E-state index < -0.39 is 6.36 Å². The van der Waals surface area contributed by atoms with Gasteiger partial charge in [-0.05, 0) is 18.1 Å². The predicted molar refractivity (Wildman–Crippen MR) is 60.6 cm³/mol. The quantitative estimate of drug-likeness (QED) is 0.849. The summed E-state index contributed by atoms with van der Waals surface area (Å²) in [5, 5.41) is 3.82. The van der Waals surface area contributed by atoms with E-state index in [4.69, 9.17) is 0 Å². The molecule has 18 heavy (non-hydrogen) atoms. The van der Waals surface area contributed by atoms with Crippen LogP contribution in [0, 0.1) is 0 Å². The van der Waals surface area contributed by atoms with E-state index in [1.165, 1.54) is 12.1 Å². The van der Waals surface area contributed by atoms with E-state index in [0.717, 1.165) is 24.2 Å². The van der Waals surface area contributed by atoms with E-state index in [9.17, 15) is 13.2 Å². The fourth-order valence-corrected chi connectivity index (χ4v) is 2.16. The van der Waals surface area contributed by atoms with Gasteiger partial charge < -0.3 is 10.1 Å². The molecule has 6 heteroatoms. The number of nitrogens with zero attached hydrogens (tertiary/aromatic N) is 1. The zero-order valence-corrected chi connectivity index (χ0v) is 9.21. The SMILES string of the molecule is FC(F)(F)Oc1cccc2c3c(cnc12)CCN3. The second kappa shape index (κ2) is 3.76. The lowest BCUT2D eigenvalue weighted by atomic mass is 10.1. The second-order valence-corrected chi connectivity index (χ2v) is 4.04. The Balaban J connectivity index is 2.18. The van der Waals surface area contributed by atoms with Crippen molar-refractivity contribution in [2.24, 2.45) is 0 Å². The van der Waals surface area contributed by atoms with Gasteiger partial charge in [0.05, 0.1) is 0 Å². The van der Waals surface area contributed by atoms with Crippen molar-refractivity contribution in [3.63, 3.8) is 0 Å². The van der Waals surface area contributed by atoms with Crippen molar-refractivity contribution in [3.05, 3.63) is 30.0 Å². The van der Waals surface area contributed by atoms with Gasteiger partial charge in [0.15, 0.2) is 5.75 Å². The Morgan fingerprint density at radius 2 is 2.11 bits per heavy atom. The van der Waals surface area contributed by atoms with Crippen LogP contribution in [0.4, 0.5) is 18.9 Å². The van der Waals surface area contributed by atoms with E-state index in [1.807, 2.05) is 0 Å². The highest BCUT2D eigenvalue weighted by molar-refractivity contribution is 5.96. The molecular formula is C12H9F3N2O. The van der Waals surface area contributed by atoms with Gasteiger partial charge in [0, 0.05) is 23.8 Å². The number of halogens is 3. The number of rotatable bonds is 1. The lowest BCUT2D eigenvalue weighted by Crippen LogP contribution is -2.17. The minimum atomic E-state index is -4.71. The molecule has 0 unspecified atom stereocenters. The Morgan fingerprint density at radius 3 is 2.89 bits per heavy atom. The number of anilines is 1. The molecule has 0 fully saturated rings. The molecule has 1 aliphatic rings. The molecule has 0 spiro atoms. The summed E-state index contributed by atoms with van der Waals surface area (Å²) in [5.41, 5.74) is 2.10. The summed E-state index contributed by atoms with van der Waals surface area (Å²) in [7, 11) is 0. The van der Waals surface area contributed by atoms with Crippen LogP contribution in [0.3, 0.4) is 0 Å². The Labute approximate surface area is 101 Å². The van der Waals surface area contributed by atoms with Gasteiger partial charge in [-0.2, -0.15) is 0 Å². The number of nitrogens with one attached hydrogen (secondary N) is 1. The van der Waals surface area contributed by atoms with Gasteiger partial charge in [0.1, 0.15) is 5.52 Å². The number of aromatic nitrogens is 1. The summed E-state index contributed by atoms with van der Waals surface area (Å²) in [6.07, 6.45) is -2.27. The molecule has 0 saturated heterocycles. The molecule has 0 saturated carbocycles. The maximum Gasteiger partial charge on any atom is 0.573 e. The van der Waals surface area contributed by atoms with Crippen LogP contribution in [0.5, 0.6) is 5.75 Å². The average Bonchev–Trinajstić information content (AvgIpc) is 2.75. The highest BCUT2D eigenvalue weighted by Crippen LogP contribution is 2.35. The fourth-order valence-electron chi connectivity index (χ4n) is 2.16. The van der Waals surface area contributed by atoms with Crippen LogP contribution in [0.15, 0.2) is 24.4 Å². The molecule has 2 heterocycles. The summed E-state index contributed by atoms with van der Waals surface area (Å²) in [6.45, 7) is 0.778. The van der Waals surface area contributed by atoms with Crippen molar-refractivity contribution < 1.29 is 17.9 Å². The molecule has 0 bridgehead atoms. The van der Waals surface area contributed by atoms with Crippen molar-refractivity contribution in [1.29, 1.82) is 0 Å². The summed E-state index contributed by atoms with van der Waals surface area (Å²) < 4.78 is 40.8. The molecule has 1 aromatic heterocycles. The molecular weight excluding hydrogens is 245 g/mol. The van der Waals surface area contributed by atoms with Gasteiger partial charge in [-0.25, -0.2) is 0 Å². The van der Waals surface area contributed by atoms with Gasteiger partial charge in [0.2, 0.25) is 0 Å². The van der Waals surface area contributed by atoms with Gasteiger partial charge in [-0.1, -0.05) is 12.1 Å². The highest BCUT2D eigenvalue weighted by Gasteiger charge is 2.32. The first-order chi connectivity index (χ1) is 8.54. The smallest absolute Gasteiger partial charge is 0.403 e. The highest BCUT2D eigenvalue weighted by atomic mass is 19.4. The molecule has 3 nitrogen and oxygen atoms in total. The molecule has 94 valence electrons. The first-order valence-corrected chi connectivity index (χ1v) is 5.45. The minimum Gasteiger partial charge on any atom is -0.403 e. The number of pyridine rings is 1. The minimum absolute atomic E-state index is 0.225. The monoisotopic (exact) mass is 254 g/mol. The van der Waals surface area contributed by atoms with Crippen LogP contribution in [0.25, 0.3) is 10.9 Å². The van der Waals surface area contributed by atoms with E-state index in [-0.39, 0.29) is 11.3 Å². The molecule has 1 N–H and O–H groups in total. The van der Waals surface area contributed by atoms with Crippen LogP contribution in [0.1, 0.15) is 5.56 Å².